The van der Waals surface area contributed by atoms with Crippen LogP contribution in [0, 0.1) is 5.41 Å². The number of aromatic hydroxyl groups is 1. The Morgan fingerprint density at radius 1 is 1.31 bits per heavy atom. The molecule has 0 radical (unpaired) electrons. The summed E-state index contributed by atoms with van der Waals surface area (Å²) in [6.07, 6.45) is 5.70. The fourth-order valence-corrected chi connectivity index (χ4v) is 3.47. The van der Waals surface area contributed by atoms with Crippen LogP contribution in [0.1, 0.15) is 28.8 Å². The summed E-state index contributed by atoms with van der Waals surface area (Å²) in [5.41, 5.74) is 7.01. The Kier molecular flexibility index (Phi) is 6.51. The quantitative estimate of drug-likeness (QED) is 0.514. The number of hydrogen-bond acceptors (Lipinski definition) is 6. The molecule has 0 saturated carbocycles. The van der Waals surface area contributed by atoms with E-state index in [0.29, 0.717) is 17.2 Å². The second-order valence-corrected chi connectivity index (χ2v) is 7.00. The van der Waals surface area contributed by atoms with Gasteiger partial charge in [0.25, 0.3) is 5.91 Å². The van der Waals surface area contributed by atoms with Gasteiger partial charge < -0.3 is 26.3 Å². The number of carbonyl (C=O) groups is 1. The fraction of sp³-hybridized carbons (Fsp3) is 0.273. The van der Waals surface area contributed by atoms with Crippen LogP contribution in [0.25, 0.3) is 0 Å². The summed E-state index contributed by atoms with van der Waals surface area (Å²) < 4.78 is 5.75. The van der Waals surface area contributed by atoms with Crippen molar-refractivity contribution >= 4 is 11.6 Å². The maximum atomic E-state index is 11.2. The van der Waals surface area contributed by atoms with Crippen LogP contribution in [0.3, 0.4) is 0 Å². The third-order valence-electron chi connectivity index (χ3n) is 4.93. The molecule has 0 aromatic heterocycles. The van der Waals surface area contributed by atoms with Gasteiger partial charge in [-0.1, -0.05) is 12.1 Å². The molecule has 7 nitrogen and oxygen atoms in total. The molecule has 0 unspecified atom stereocenters. The number of benzene rings is 2. The van der Waals surface area contributed by atoms with E-state index in [0.717, 1.165) is 31.5 Å². The zero-order valence-corrected chi connectivity index (χ0v) is 16.4. The monoisotopic (exact) mass is 394 g/mol. The zero-order chi connectivity index (χ0) is 20.8. The molecule has 1 aliphatic rings. The highest BCUT2D eigenvalue weighted by Gasteiger charge is 2.26. The van der Waals surface area contributed by atoms with Gasteiger partial charge in [-0.3, -0.25) is 9.69 Å². The standard InChI is InChI=1S/C22H26N4O3/c1-25-11-10-19(23)20-3-2-12-26(20)14-15-4-6-16(7-5-15)29-17-8-9-18(22(24)28)21(27)13-17/h4-11,13,20,23,25,27H,2-3,12,14H2,1H3,(H2,24,28)/b11-10-,23-19?/t20-/m0/s1. The Bertz CT molecular complexity index is 909. The number of rotatable bonds is 8. The van der Waals surface area contributed by atoms with Crippen LogP contribution in [0.15, 0.2) is 54.7 Å². The van der Waals surface area contributed by atoms with Crippen molar-refractivity contribution in [3.05, 3.63) is 65.9 Å². The predicted octanol–water partition coefficient (Wildman–Crippen LogP) is 3.00. The van der Waals surface area contributed by atoms with Crippen molar-refractivity contribution in [3.8, 4) is 17.2 Å². The van der Waals surface area contributed by atoms with Crippen LogP contribution in [-0.4, -0.2) is 41.3 Å². The summed E-state index contributed by atoms with van der Waals surface area (Å²) >= 11 is 0. The van der Waals surface area contributed by atoms with Gasteiger partial charge in [0.05, 0.1) is 11.6 Å². The summed E-state index contributed by atoms with van der Waals surface area (Å²) in [5, 5.41) is 21.1. The second kappa shape index (κ2) is 9.25. The lowest BCUT2D eigenvalue weighted by Crippen LogP contribution is -2.34. The average Bonchev–Trinajstić information content (AvgIpc) is 3.15. The lowest BCUT2D eigenvalue weighted by Gasteiger charge is -2.24. The Morgan fingerprint density at radius 2 is 2.03 bits per heavy atom. The van der Waals surface area contributed by atoms with Crippen molar-refractivity contribution in [3.63, 3.8) is 0 Å². The summed E-state index contributed by atoms with van der Waals surface area (Å²) in [6.45, 7) is 1.75. The van der Waals surface area contributed by atoms with E-state index in [4.69, 9.17) is 15.9 Å². The van der Waals surface area contributed by atoms with E-state index in [9.17, 15) is 9.90 Å². The Labute approximate surface area is 170 Å². The Balaban J connectivity index is 1.63. The first-order valence-electron chi connectivity index (χ1n) is 9.54. The highest BCUT2D eigenvalue weighted by molar-refractivity contribution is 5.97. The molecular weight excluding hydrogens is 368 g/mol. The molecule has 3 rings (SSSR count). The van der Waals surface area contributed by atoms with Crippen molar-refractivity contribution in [2.45, 2.75) is 25.4 Å². The molecule has 0 aliphatic carbocycles. The van der Waals surface area contributed by atoms with Gasteiger partial charge in [-0.25, -0.2) is 0 Å². The van der Waals surface area contributed by atoms with Crippen LogP contribution in [0.2, 0.25) is 0 Å². The normalized spacial score (nSPS) is 16.8. The van der Waals surface area contributed by atoms with Crippen LogP contribution in [0.4, 0.5) is 0 Å². The molecule has 0 bridgehead atoms. The second-order valence-electron chi connectivity index (χ2n) is 7.00. The smallest absolute Gasteiger partial charge is 0.252 e. The van der Waals surface area contributed by atoms with Gasteiger partial charge >= 0.3 is 0 Å². The molecular formula is C22H26N4O3. The maximum Gasteiger partial charge on any atom is 0.252 e. The maximum absolute atomic E-state index is 11.2. The average molecular weight is 394 g/mol. The Hall–Kier alpha value is -3.32. The van der Waals surface area contributed by atoms with Gasteiger partial charge in [0, 0.05) is 25.4 Å². The number of primary amides is 1. The largest absolute Gasteiger partial charge is 0.507 e. The number of nitrogens with one attached hydrogen (secondary N) is 2. The van der Waals surface area contributed by atoms with Crippen molar-refractivity contribution in [2.24, 2.45) is 5.73 Å². The number of likely N-dealkylation sites (tertiary alicyclic amines) is 1. The van der Waals surface area contributed by atoms with Crippen molar-refractivity contribution in [1.82, 2.24) is 10.2 Å². The van der Waals surface area contributed by atoms with Gasteiger partial charge in [-0.2, -0.15) is 0 Å². The van der Waals surface area contributed by atoms with E-state index in [1.54, 1.807) is 12.3 Å². The number of amides is 1. The first-order chi connectivity index (χ1) is 14.0. The fourth-order valence-electron chi connectivity index (χ4n) is 3.47. The first-order valence-corrected chi connectivity index (χ1v) is 9.54. The minimum atomic E-state index is -0.687. The molecule has 1 aliphatic heterocycles. The lowest BCUT2D eigenvalue weighted by atomic mass is 10.1. The molecule has 7 heteroatoms. The SMILES string of the molecule is CN/C=C\C(=N)[C@@H]1CCCN1Cc1ccc(Oc2ccc(C(N)=O)c(O)c2)cc1. The molecule has 2 aromatic rings. The third-order valence-corrected chi connectivity index (χ3v) is 4.93. The van der Waals surface area contributed by atoms with Crippen LogP contribution in [-0.2, 0) is 6.54 Å². The summed E-state index contributed by atoms with van der Waals surface area (Å²) in [4.78, 5) is 13.5. The van der Waals surface area contributed by atoms with E-state index in [2.05, 4.69) is 10.2 Å². The molecule has 1 heterocycles. The number of ether oxygens (including phenoxy) is 1. The third kappa shape index (κ3) is 5.14. The minimum Gasteiger partial charge on any atom is -0.507 e. The van der Waals surface area contributed by atoms with Gasteiger partial charge in [0.2, 0.25) is 0 Å². The number of nitrogens with zero attached hydrogens (tertiary/aromatic N) is 1. The molecule has 0 spiro atoms. The van der Waals surface area contributed by atoms with Gasteiger partial charge in [0.1, 0.15) is 17.2 Å². The summed E-state index contributed by atoms with van der Waals surface area (Å²) in [7, 11) is 1.83. The summed E-state index contributed by atoms with van der Waals surface area (Å²) in [6, 6.07) is 12.3. The molecule has 2 aromatic carbocycles. The van der Waals surface area contributed by atoms with E-state index in [1.165, 1.54) is 12.1 Å². The van der Waals surface area contributed by atoms with Crippen LogP contribution < -0.4 is 15.8 Å². The van der Waals surface area contributed by atoms with Gasteiger partial charge in [-0.15, -0.1) is 0 Å². The number of hydrogen-bond donors (Lipinski definition) is 4. The highest BCUT2D eigenvalue weighted by Crippen LogP contribution is 2.28. The van der Waals surface area contributed by atoms with E-state index < -0.39 is 5.91 Å². The minimum absolute atomic E-state index is 0.0583. The van der Waals surface area contributed by atoms with Crippen molar-refractivity contribution in [1.29, 1.82) is 5.41 Å². The van der Waals surface area contributed by atoms with E-state index in [-0.39, 0.29) is 17.4 Å². The van der Waals surface area contributed by atoms with Crippen molar-refractivity contribution in [2.75, 3.05) is 13.6 Å². The topological polar surface area (TPSA) is 112 Å². The molecule has 1 atom stereocenters. The molecule has 1 saturated heterocycles. The lowest BCUT2D eigenvalue weighted by molar-refractivity contribution is 0.0997. The summed E-state index contributed by atoms with van der Waals surface area (Å²) in [5.74, 6) is 0.155. The zero-order valence-electron chi connectivity index (χ0n) is 16.4. The van der Waals surface area contributed by atoms with Crippen LogP contribution >= 0.6 is 0 Å². The van der Waals surface area contributed by atoms with Gasteiger partial charge in [0.15, 0.2) is 0 Å². The number of carbonyl (C=O) groups excluding carboxylic acids is 1. The van der Waals surface area contributed by atoms with Gasteiger partial charge in [-0.05, 0) is 61.5 Å². The number of phenols is 1. The first kappa shape index (κ1) is 20.4. The molecule has 1 amide bonds. The Morgan fingerprint density at radius 3 is 2.69 bits per heavy atom. The molecule has 5 N–H and O–H groups in total. The molecule has 1 fully saturated rings. The van der Waals surface area contributed by atoms with Crippen LogP contribution in [0.5, 0.6) is 17.2 Å². The van der Waals surface area contributed by atoms with E-state index >= 15 is 0 Å². The molecule has 29 heavy (non-hydrogen) atoms. The number of nitrogens with two attached hydrogens (primary N) is 1. The van der Waals surface area contributed by atoms with E-state index in [1.807, 2.05) is 37.4 Å². The molecule has 152 valence electrons. The predicted molar refractivity (Wildman–Crippen MR) is 112 cm³/mol. The highest BCUT2D eigenvalue weighted by atomic mass is 16.5. The van der Waals surface area contributed by atoms with Crippen molar-refractivity contribution < 1.29 is 14.6 Å².